The van der Waals surface area contributed by atoms with Crippen LogP contribution in [0.15, 0.2) is 16.6 Å². The van der Waals surface area contributed by atoms with Crippen molar-refractivity contribution in [1.82, 2.24) is 5.32 Å². The normalized spacial score (nSPS) is 11.6. The van der Waals surface area contributed by atoms with Crippen LogP contribution in [0, 0.1) is 19.3 Å². The van der Waals surface area contributed by atoms with Crippen LogP contribution in [0.5, 0.6) is 5.75 Å². The van der Waals surface area contributed by atoms with E-state index in [1.165, 1.54) is 0 Å². The van der Waals surface area contributed by atoms with Crippen molar-refractivity contribution in [3.8, 4) is 18.1 Å². The van der Waals surface area contributed by atoms with Gasteiger partial charge < -0.3 is 15.8 Å². The molecule has 0 spiro atoms. The highest BCUT2D eigenvalue weighted by Crippen LogP contribution is 2.29. The zero-order chi connectivity index (χ0) is 15.1. The predicted molar refractivity (Wildman–Crippen MR) is 83.6 cm³/mol. The largest absolute Gasteiger partial charge is 0.480 e. The van der Waals surface area contributed by atoms with Gasteiger partial charge in [-0.1, -0.05) is 21.9 Å². The lowest BCUT2D eigenvalue weighted by Gasteiger charge is -2.19. The second-order valence-corrected chi connectivity index (χ2v) is 5.35. The smallest absolute Gasteiger partial charge is 0.261 e. The van der Waals surface area contributed by atoms with Gasteiger partial charge in [0, 0.05) is 4.47 Å². The van der Waals surface area contributed by atoms with Crippen molar-refractivity contribution in [2.45, 2.75) is 26.4 Å². The van der Waals surface area contributed by atoms with Crippen LogP contribution >= 0.6 is 15.9 Å². The van der Waals surface area contributed by atoms with E-state index in [0.29, 0.717) is 18.7 Å². The number of rotatable bonds is 6. The molecule has 1 unspecified atom stereocenters. The van der Waals surface area contributed by atoms with Crippen molar-refractivity contribution in [3.63, 3.8) is 0 Å². The minimum atomic E-state index is -0.611. The van der Waals surface area contributed by atoms with E-state index in [9.17, 15) is 4.79 Å². The summed E-state index contributed by atoms with van der Waals surface area (Å²) < 4.78 is 6.75. The Morgan fingerprint density at radius 2 is 2.30 bits per heavy atom. The molecule has 20 heavy (non-hydrogen) atoms. The van der Waals surface area contributed by atoms with Crippen LogP contribution in [0.2, 0.25) is 0 Å². The quantitative estimate of drug-likeness (QED) is 0.777. The Kier molecular flexibility index (Phi) is 6.56. The molecule has 4 nitrogen and oxygen atoms in total. The predicted octanol–water partition coefficient (Wildman–Crippen LogP) is 1.78. The van der Waals surface area contributed by atoms with Crippen LogP contribution in [0.4, 0.5) is 0 Å². The summed E-state index contributed by atoms with van der Waals surface area (Å²) in [6.45, 7) is 4.34. The molecular formula is C15H19BrN2O2. The maximum Gasteiger partial charge on any atom is 0.261 e. The first-order valence-corrected chi connectivity index (χ1v) is 7.15. The van der Waals surface area contributed by atoms with E-state index < -0.39 is 6.10 Å². The highest BCUT2D eigenvalue weighted by atomic mass is 79.9. The van der Waals surface area contributed by atoms with E-state index in [1.54, 1.807) is 6.92 Å². The molecule has 0 bridgehead atoms. The minimum Gasteiger partial charge on any atom is -0.480 e. The van der Waals surface area contributed by atoms with Crippen LogP contribution in [-0.2, 0) is 11.2 Å². The number of nitrogens with one attached hydrogen (secondary N) is 1. The number of ether oxygens (including phenoxy) is 1. The number of nitrogens with two attached hydrogens (primary N) is 1. The summed E-state index contributed by atoms with van der Waals surface area (Å²) in [5.41, 5.74) is 7.55. The highest BCUT2D eigenvalue weighted by Gasteiger charge is 2.17. The molecule has 0 aliphatic carbocycles. The van der Waals surface area contributed by atoms with Gasteiger partial charge in [-0.05, 0) is 50.1 Å². The summed E-state index contributed by atoms with van der Waals surface area (Å²) in [5.74, 6) is 2.84. The summed E-state index contributed by atoms with van der Waals surface area (Å²) in [7, 11) is 0. The van der Waals surface area contributed by atoms with Crippen LogP contribution < -0.4 is 15.8 Å². The Bertz CT molecular complexity index is 523. The maximum atomic E-state index is 11.8. The molecule has 3 N–H and O–H groups in total. The molecule has 0 aliphatic heterocycles. The van der Waals surface area contributed by atoms with Gasteiger partial charge in [0.2, 0.25) is 0 Å². The fraction of sp³-hybridized carbons (Fsp3) is 0.400. The van der Waals surface area contributed by atoms with E-state index in [4.69, 9.17) is 16.9 Å². The third kappa shape index (κ3) is 4.55. The molecule has 0 saturated carbocycles. The zero-order valence-corrected chi connectivity index (χ0v) is 13.3. The molecule has 1 atom stereocenters. The van der Waals surface area contributed by atoms with Crippen molar-refractivity contribution in [1.29, 1.82) is 0 Å². The van der Waals surface area contributed by atoms with Gasteiger partial charge in [-0.2, -0.15) is 0 Å². The van der Waals surface area contributed by atoms with Gasteiger partial charge in [-0.15, -0.1) is 6.42 Å². The summed E-state index contributed by atoms with van der Waals surface area (Å²) in [6.07, 6.45) is 5.19. The summed E-state index contributed by atoms with van der Waals surface area (Å²) in [4.78, 5) is 11.8. The monoisotopic (exact) mass is 338 g/mol. The number of aryl methyl sites for hydroxylation is 1. The van der Waals surface area contributed by atoms with Gasteiger partial charge in [0.25, 0.3) is 5.91 Å². The molecule has 1 rings (SSSR count). The second kappa shape index (κ2) is 7.93. The van der Waals surface area contributed by atoms with Crippen molar-refractivity contribution in [2.75, 3.05) is 13.1 Å². The lowest BCUT2D eigenvalue weighted by Crippen LogP contribution is -2.36. The Morgan fingerprint density at radius 3 is 2.90 bits per heavy atom. The van der Waals surface area contributed by atoms with Crippen LogP contribution in [0.1, 0.15) is 18.1 Å². The molecular weight excluding hydrogens is 320 g/mol. The summed E-state index contributed by atoms with van der Waals surface area (Å²) >= 11 is 3.45. The Hall–Kier alpha value is -1.51. The topological polar surface area (TPSA) is 64.3 Å². The summed E-state index contributed by atoms with van der Waals surface area (Å²) in [5, 5.41) is 2.60. The van der Waals surface area contributed by atoms with E-state index >= 15 is 0 Å². The molecule has 108 valence electrons. The number of halogens is 1. The van der Waals surface area contributed by atoms with Gasteiger partial charge >= 0.3 is 0 Å². The maximum absolute atomic E-state index is 11.8. The molecule has 0 aliphatic rings. The van der Waals surface area contributed by atoms with Gasteiger partial charge in [0.15, 0.2) is 6.10 Å². The molecule has 5 heteroatoms. The van der Waals surface area contributed by atoms with E-state index in [-0.39, 0.29) is 12.5 Å². The average Bonchev–Trinajstić information content (AvgIpc) is 2.39. The van der Waals surface area contributed by atoms with E-state index in [0.717, 1.165) is 15.6 Å². The fourth-order valence-electron chi connectivity index (χ4n) is 1.82. The first kappa shape index (κ1) is 16.5. The second-order valence-electron chi connectivity index (χ2n) is 4.43. The van der Waals surface area contributed by atoms with E-state index in [1.807, 2.05) is 19.1 Å². The van der Waals surface area contributed by atoms with Crippen LogP contribution in [-0.4, -0.2) is 25.1 Å². The van der Waals surface area contributed by atoms with Crippen molar-refractivity contribution >= 4 is 21.8 Å². The molecule has 0 radical (unpaired) electrons. The number of terminal acetylenes is 1. The highest BCUT2D eigenvalue weighted by molar-refractivity contribution is 9.10. The van der Waals surface area contributed by atoms with Crippen molar-refractivity contribution < 1.29 is 9.53 Å². The Labute approximate surface area is 128 Å². The molecule has 0 saturated heterocycles. The van der Waals surface area contributed by atoms with Crippen LogP contribution in [0.25, 0.3) is 0 Å². The number of carbonyl (C=O) groups is 1. The van der Waals surface area contributed by atoms with Gasteiger partial charge in [-0.25, -0.2) is 0 Å². The number of hydrogen-bond acceptors (Lipinski definition) is 3. The molecule has 1 aromatic rings. The molecule has 1 aromatic carbocycles. The number of carbonyl (C=O) groups excluding carboxylic acids is 1. The molecule has 0 heterocycles. The number of benzene rings is 1. The number of amides is 1. The molecule has 0 fully saturated rings. The van der Waals surface area contributed by atoms with Crippen LogP contribution in [0.3, 0.4) is 0 Å². The standard InChI is InChI=1S/C15H19BrN2O2/c1-4-7-18-15(19)11(3)20-14-10(2)8-13(16)9-12(14)5-6-17/h1,8-9,11H,5-7,17H2,2-3H3,(H,18,19). The zero-order valence-electron chi connectivity index (χ0n) is 11.7. The number of hydrogen-bond donors (Lipinski definition) is 2. The first-order valence-electron chi connectivity index (χ1n) is 6.36. The third-order valence-electron chi connectivity index (χ3n) is 2.76. The van der Waals surface area contributed by atoms with Crippen molar-refractivity contribution in [3.05, 3.63) is 27.7 Å². The van der Waals surface area contributed by atoms with E-state index in [2.05, 4.69) is 27.2 Å². The third-order valence-corrected chi connectivity index (χ3v) is 3.22. The summed E-state index contributed by atoms with van der Waals surface area (Å²) in [6, 6.07) is 3.91. The Balaban J connectivity index is 2.91. The molecule has 0 aromatic heterocycles. The SMILES string of the molecule is C#CCNC(=O)C(C)Oc1c(C)cc(Br)cc1CCN. The van der Waals surface area contributed by atoms with Gasteiger partial charge in [0.05, 0.1) is 6.54 Å². The molecule has 1 amide bonds. The fourth-order valence-corrected chi connectivity index (χ4v) is 2.44. The lowest BCUT2D eigenvalue weighted by atomic mass is 10.1. The van der Waals surface area contributed by atoms with Crippen molar-refractivity contribution in [2.24, 2.45) is 5.73 Å². The van der Waals surface area contributed by atoms with Gasteiger partial charge in [-0.3, -0.25) is 4.79 Å². The average molecular weight is 339 g/mol. The van der Waals surface area contributed by atoms with Gasteiger partial charge in [0.1, 0.15) is 5.75 Å². The lowest BCUT2D eigenvalue weighted by molar-refractivity contribution is -0.127. The Morgan fingerprint density at radius 1 is 1.60 bits per heavy atom. The minimum absolute atomic E-state index is 0.196. The first-order chi connectivity index (χ1) is 9.49.